The molecule has 0 aliphatic rings. The summed E-state index contributed by atoms with van der Waals surface area (Å²) in [6.45, 7) is 8.36. The SMILES string of the molecule is CCCCCCCCCCCCCCNC(=O)OCC(C[N+](C)(C)CC(C)O)OC(=O)NCCCCCCCCCCCCCC. The van der Waals surface area contributed by atoms with Gasteiger partial charge in [0, 0.05) is 13.1 Å². The van der Waals surface area contributed by atoms with Gasteiger partial charge in [-0.3, -0.25) is 0 Å². The summed E-state index contributed by atoms with van der Waals surface area (Å²) in [4.78, 5) is 24.9. The molecule has 0 rings (SSSR count). The third-order valence-corrected chi connectivity index (χ3v) is 8.73. The number of ether oxygens (including phenoxy) is 2. The van der Waals surface area contributed by atoms with E-state index in [-0.39, 0.29) is 6.61 Å². The minimum atomic E-state index is -0.604. The quantitative estimate of drug-likeness (QED) is 0.0483. The van der Waals surface area contributed by atoms with Crippen LogP contribution in [0.4, 0.5) is 9.59 Å². The molecule has 0 aromatic carbocycles. The minimum absolute atomic E-state index is 0.0161. The Morgan fingerprint density at radius 3 is 1.28 bits per heavy atom. The van der Waals surface area contributed by atoms with Crippen LogP contribution in [0, 0.1) is 0 Å². The number of nitrogens with one attached hydrogen (secondary N) is 2. The zero-order valence-electron chi connectivity index (χ0n) is 31.2. The third kappa shape index (κ3) is 32.4. The molecule has 0 spiro atoms. The van der Waals surface area contributed by atoms with E-state index in [0.717, 1.165) is 25.7 Å². The number of unbranched alkanes of at least 4 members (excludes halogenated alkanes) is 22. The van der Waals surface area contributed by atoms with Gasteiger partial charge in [0.1, 0.15) is 25.8 Å². The van der Waals surface area contributed by atoms with E-state index in [1.165, 1.54) is 128 Å². The molecule has 46 heavy (non-hydrogen) atoms. The maximum Gasteiger partial charge on any atom is 0.407 e. The van der Waals surface area contributed by atoms with Gasteiger partial charge in [-0.25, -0.2) is 9.59 Å². The molecule has 0 heterocycles. The summed E-state index contributed by atoms with van der Waals surface area (Å²) in [6.07, 6.45) is 28.6. The number of amides is 2. The van der Waals surface area contributed by atoms with Crippen molar-refractivity contribution in [2.75, 3.05) is 46.9 Å². The van der Waals surface area contributed by atoms with Crippen LogP contribution in [0.3, 0.4) is 0 Å². The Morgan fingerprint density at radius 1 is 0.565 bits per heavy atom. The van der Waals surface area contributed by atoms with E-state index in [0.29, 0.717) is 30.7 Å². The molecule has 3 N–H and O–H groups in total. The van der Waals surface area contributed by atoms with Crippen molar-refractivity contribution in [2.24, 2.45) is 0 Å². The summed E-state index contributed by atoms with van der Waals surface area (Å²) < 4.78 is 11.6. The van der Waals surface area contributed by atoms with Gasteiger partial charge in [0.2, 0.25) is 0 Å². The number of likely N-dealkylation sites (N-methyl/N-ethyl adjacent to an activating group) is 1. The lowest BCUT2D eigenvalue weighted by molar-refractivity contribution is -0.896. The van der Waals surface area contributed by atoms with Gasteiger partial charge in [0.05, 0.1) is 14.1 Å². The van der Waals surface area contributed by atoms with Crippen molar-refractivity contribution in [3.05, 3.63) is 0 Å². The van der Waals surface area contributed by atoms with Gasteiger partial charge in [-0.05, 0) is 19.8 Å². The standard InChI is InChI=1S/C38H77N3O5/c1-6-8-10-12-14-16-18-20-22-24-26-28-30-39-37(43)45-34-36(33-41(4,5)32-35(3)42)46-38(44)40-31-29-27-25-23-21-19-17-15-13-11-9-7-2/h35-36,42H,6-34H2,1-5H3,(H-,39,40,43,44)/p+1. The van der Waals surface area contributed by atoms with Gasteiger partial charge in [-0.1, -0.05) is 155 Å². The molecule has 8 nitrogen and oxygen atoms in total. The first-order valence-electron chi connectivity index (χ1n) is 19.5. The summed E-state index contributed by atoms with van der Waals surface area (Å²) in [5.74, 6) is 0. The van der Waals surface area contributed by atoms with Crippen LogP contribution in [0.25, 0.3) is 0 Å². The molecule has 0 aliphatic heterocycles. The highest BCUT2D eigenvalue weighted by Crippen LogP contribution is 2.13. The molecule has 0 aliphatic carbocycles. The van der Waals surface area contributed by atoms with E-state index in [1.54, 1.807) is 6.92 Å². The van der Waals surface area contributed by atoms with E-state index >= 15 is 0 Å². The number of quaternary nitrogens is 1. The molecule has 0 aromatic rings. The Balaban J connectivity index is 4.15. The monoisotopic (exact) mass is 657 g/mol. The number of rotatable bonds is 33. The lowest BCUT2D eigenvalue weighted by Gasteiger charge is -2.33. The summed E-state index contributed by atoms with van der Waals surface area (Å²) in [6, 6.07) is 0. The highest BCUT2D eigenvalue weighted by atomic mass is 16.6. The van der Waals surface area contributed by atoms with Gasteiger partial charge in [-0.2, -0.15) is 0 Å². The van der Waals surface area contributed by atoms with Gasteiger partial charge in [0.25, 0.3) is 0 Å². The molecule has 0 aromatic heterocycles. The zero-order valence-corrected chi connectivity index (χ0v) is 31.2. The highest BCUT2D eigenvalue weighted by Gasteiger charge is 2.28. The summed E-state index contributed by atoms with van der Waals surface area (Å²) >= 11 is 0. The van der Waals surface area contributed by atoms with Crippen molar-refractivity contribution in [1.82, 2.24) is 10.6 Å². The zero-order chi connectivity index (χ0) is 34.1. The van der Waals surface area contributed by atoms with Crippen LogP contribution < -0.4 is 10.6 Å². The number of nitrogens with zero attached hydrogens (tertiary/aromatic N) is 1. The lowest BCUT2D eigenvalue weighted by atomic mass is 10.1. The van der Waals surface area contributed by atoms with Crippen LogP contribution in [0.15, 0.2) is 0 Å². The summed E-state index contributed by atoms with van der Waals surface area (Å²) in [5.41, 5.74) is 0. The maximum atomic E-state index is 12.6. The van der Waals surface area contributed by atoms with Crippen LogP contribution in [-0.2, 0) is 9.47 Å². The molecule has 0 saturated carbocycles. The smallest absolute Gasteiger partial charge is 0.407 e. The number of aliphatic hydroxyl groups excluding tert-OH is 1. The Bertz CT molecular complexity index is 689. The van der Waals surface area contributed by atoms with E-state index in [2.05, 4.69) is 24.5 Å². The van der Waals surface area contributed by atoms with Gasteiger partial charge in [-0.15, -0.1) is 0 Å². The van der Waals surface area contributed by atoms with Crippen LogP contribution in [0.1, 0.15) is 175 Å². The number of hydrogen-bond acceptors (Lipinski definition) is 5. The van der Waals surface area contributed by atoms with Crippen LogP contribution in [-0.4, -0.2) is 80.9 Å². The Hall–Kier alpha value is -1.54. The normalized spacial score (nSPS) is 12.9. The average molecular weight is 657 g/mol. The number of carbonyl (C=O) groups is 2. The van der Waals surface area contributed by atoms with Crippen molar-refractivity contribution in [2.45, 2.75) is 187 Å². The number of hydrogen-bond donors (Lipinski definition) is 3. The molecular weight excluding hydrogens is 578 g/mol. The fourth-order valence-electron chi connectivity index (χ4n) is 6.19. The van der Waals surface area contributed by atoms with E-state index in [9.17, 15) is 14.7 Å². The van der Waals surface area contributed by atoms with E-state index < -0.39 is 24.4 Å². The lowest BCUT2D eigenvalue weighted by Crippen LogP contribution is -2.51. The van der Waals surface area contributed by atoms with Crippen molar-refractivity contribution in [1.29, 1.82) is 0 Å². The minimum Gasteiger partial charge on any atom is -0.445 e. The summed E-state index contributed by atoms with van der Waals surface area (Å²) in [5, 5.41) is 15.6. The molecule has 0 bridgehead atoms. The first kappa shape index (κ1) is 44.5. The second kappa shape index (κ2) is 32.0. The first-order chi connectivity index (χ1) is 22.2. The van der Waals surface area contributed by atoms with E-state index in [1.807, 2.05) is 14.1 Å². The predicted molar refractivity (Wildman–Crippen MR) is 193 cm³/mol. The second-order valence-corrected chi connectivity index (χ2v) is 14.4. The van der Waals surface area contributed by atoms with Crippen molar-refractivity contribution >= 4 is 12.2 Å². The molecule has 2 atom stereocenters. The van der Waals surface area contributed by atoms with Crippen LogP contribution in [0.2, 0.25) is 0 Å². The topological polar surface area (TPSA) is 96.9 Å². The molecule has 0 radical (unpaired) electrons. The largest absolute Gasteiger partial charge is 0.445 e. The van der Waals surface area contributed by atoms with Crippen molar-refractivity contribution < 1.29 is 28.7 Å². The predicted octanol–water partition coefficient (Wildman–Crippen LogP) is 9.67. The Labute approximate surface area is 285 Å². The molecular formula is C38H78N3O5+. The van der Waals surface area contributed by atoms with Crippen LogP contribution in [0.5, 0.6) is 0 Å². The molecule has 2 amide bonds. The van der Waals surface area contributed by atoms with E-state index in [4.69, 9.17) is 9.47 Å². The molecule has 0 saturated heterocycles. The highest BCUT2D eigenvalue weighted by molar-refractivity contribution is 5.68. The molecule has 0 fully saturated rings. The fourth-order valence-corrected chi connectivity index (χ4v) is 6.19. The maximum absolute atomic E-state index is 12.6. The second-order valence-electron chi connectivity index (χ2n) is 14.4. The number of aliphatic hydroxyl groups is 1. The van der Waals surface area contributed by atoms with Crippen molar-refractivity contribution in [3.8, 4) is 0 Å². The van der Waals surface area contributed by atoms with Crippen LogP contribution >= 0.6 is 0 Å². The molecule has 8 heteroatoms. The molecule has 2 unspecified atom stereocenters. The number of carbonyl (C=O) groups excluding carboxylic acids is 2. The first-order valence-corrected chi connectivity index (χ1v) is 19.5. The number of alkyl carbamates (subject to hydrolysis) is 2. The van der Waals surface area contributed by atoms with Gasteiger partial charge < -0.3 is 29.7 Å². The van der Waals surface area contributed by atoms with Crippen molar-refractivity contribution in [3.63, 3.8) is 0 Å². The third-order valence-electron chi connectivity index (χ3n) is 8.73. The summed E-state index contributed by atoms with van der Waals surface area (Å²) in [7, 11) is 3.95. The van der Waals surface area contributed by atoms with Gasteiger partial charge in [0.15, 0.2) is 6.10 Å². The Kier molecular flexibility index (Phi) is 31.0. The van der Waals surface area contributed by atoms with Gasteiger partial charge >= 0.3 is 12.2 Å². The average Bonchev–Trinajstić information content (AvgIpc) is 2.99. The Morgan fingerprint density at radius 2 is 0.913 bits per heavy atom. The fraction of sp³-hybridized carbons (Fsp3) is 0.947. The molecule has 274 valence electrons.